The fraction of sp³-hybridized carbons (Fsp3) is 0. The molecule has 6 heteroatoms. The van der Waals surface area contributed by atoms with E-state index in [0.717, 1.165) is 0 Å². The van der Waals surface area contributed by atoms with Gasteiger partial charge in [0.25, 0.3) is 0 Å². The normalized spacial score (nSPS) is 8.57. The van der Waals surface area contributed by atoms with Crippen molar-refractivity contribution < 1.29 is 9.90 Å². The fourth-order valence-electron chi connectivity index (χ4n) is 0.585. The first-order chi connectivity index (χ1) is 6.80. The maximum atomic E-state index is 10.1. The highest BCUT2D eigenvalue weighted by atomic mass is 32.1. The second kappa shape index (κ2) is 5.76. The molecule has 0 fully saturated rings. The molecule has 5 nitrogen and oxygen atoms in total. The molecule has 0 aromatic carbocycles. The monoisotopic (exact) mass is 209 g/mol. The quantitative estimate of drug-likeness (QED) is 0.766. The molecule has 2 aromatic rings. The van der Waals surface area contributed by atoms with Crippen molar-refractivity contribution in [3.8, 4) is 0 Å². The Labute approximate surface area is 84.1 Å². The van der Waals surface area contributed by atoms with E-state index < -0.39 is 5.97 Å². The number of nitrogens with zero attached hydrogens (tertiary/aromatic N) is 3. The zero-order chi connectivity index (χ0) is 10.2. The predicted molar refractivity (Wildman–Crippen MR) is 51.1 cm³/mol. The number of hydrogen-bond acceptors (Lipinski definition) is 5. The maximum Gasteiger partial charge on any atom is 0.373 e. The highest BCUT2D eigenvalue weighted by Crippen LogP contribution is 1.86. The van der Waals surface area contributed by atoms with Gasteiger partial charge in [-0.25, -0.2) is 14.8 Å². The standard InChI is InChI=1S/C5H4N2O2.C3H3NS/c8-5(9)4-6-2-1-3-7-4;1-2-5-3-4-1/h1-3H,(H,8,9);1-3H. The smallest absolute Gasteiger partial charge is 0.373 e. The molecule has 0 aliphatic rings. The lowest BCUT2D eigenvalue weighted by Crippen LogP contribution is -2.01. The van der Waals surface area contributed by atoms with Crippen LogP contribution in [0.1, 0.15) is 10.6 Å². The Hall–Kier alpha value is -1.82. The topological polar surface area (TPSA) is 76.0 Å². The number of carboxylic acid groups (broad SMARTS) is 1. The van der Waals surface area contributed by atoms with Crippen LogP contribution in [0.15, 0.2) is 35.5 Å². The summed E-state index contributed by atoms with van der Waals surface area (Å²) in [5.74, 6) is -1.27. The fourth-order valence-corrected chi connectivity index (χ4v) is 0.937. The maximum absolute atomic E-state index is 10.1. The van der Waals surface area contributed by atoms with E-state index in [0.29, 0.717) is 0 Å². The molecule has 2 aromatic heterocycles. The van der Waals surface area contributed by atoms with Gasteiger partial charge in [-0.15, -0.1) is 11.3 Å². The summed E-state index contributed by atoms with van der Waals surface area (Å²) in [7, 11) is 0. The number of aromatic carboxylic acids is 1. The van der Waals surface area contributed by atoms with Gasteiger partial charge in [-0.2, -0.15) is 0 Å². The van der Waals surface area contributed by atoms with Crippen LogP contribution in [0.3, 0.4) is 0 Å². The minimum absolute atomic E-state index is 0.169. The average Bonchev–Trinajstić information content (AvgIpc) is 2.77. The third kappa shape index (κ3) is 3.72. The van der Waals surface area contributed by atoms with Crippen molar-refractivity contribution >= 4 is 17.3 Å². The van der Waals surface area contributed by atoms with Crippen molar-refractivity contribution in [3.05, 3.63) is 41.4 Å². The highest BCUT2D eigenvalue weighted by molar-refractivity contribution is 7.07. The van der Waals surface area contributed by atoms with Gasteiger partial charge in [-0.3, -0.25) is 4.98 Å². The lowest BCUT2D eigenvalue weighted by atomic mass is 10.6. The molecule has 14 heavy (non-hydrogen) atoms. The molecule has 0 saturated heterocycles. The molecule has 1 N–H and O–H groups in total. The van der Waals surface area contributed by atoms with Crippen molar-refractivity contribution in [3.63, 3.8) is 0 Å². The van der Waals surface area contributed by atoms with Gasteiger partial charge in [0.2, 0.25) is 5.82 Å². The van der Waals surface area contributed by atoms with Crippen LogP contribution in [0.25, 0.3) is 0 Å². The molecule has 0 aliphatic heterocycles. The van der Waals surface area contributed by atoms with E-state index in [-0.39, 0.29) is 5.82 Å². The first-order valence-corrected chi connectivity index (χ1v) is 4.57. The number of carbonyl (C=O) groups is 1. The number of rotatable bonds is 1. The van der Waals surface area contributed by atoms with Gasteiger partial charge in [0, 0.05) is 24.0 Å². The largest absolute Gasteiger partial charge is 0.475 e. The van der Waals surface area contributed by atoms with Crippen molar-refractivity contribution in [1.29, 1.82) is 0 Å². The summed E-state index contributed by atoms with van der Waals surface area (Å²) in [6, 6.07) is 1.56. The first-order valence-electron chi connectivity index (χ1n) is 3.63. The van der Waals surface area contributed by atoms with Crippen LogP contribution in [-0.4, -0.2) is 26.0 Å². The predicted octanol–water partition coefficient (Wildman–Crippen LogP) is 1.32. The molecule has 0 bridgehead atoms. The van der Waals surface area contributed by atoms with E-state index in [9.17, 15) is 4.79 Å². The van der Waals surface area contributed by atoms with Crippen LogP contribution in [0.4, 0.5) is 0 Å². The van der Waals surface area contributed by atoms with Crippen molar-refractivity contribution in [1.82, 2.24) is 15.0 Å². The minimum Gasteiger partial charge on any atom is -0.475 e. The van der Waals surface area contributed by atoms with E-state index in [1.807, 2.05) is 5.38 Å². The molecule has 0 radical (unpaired) electrons. The summed E-state index contributed by atoms with van der Waals surface area (Å²) in [5, 5.41) is 10.2. The summed E-state index contributed by atoms with van der Waals surface area (Å²) in [6.07, 6.45) is 4.54. The van der Waals surface area contributed by atoms with Crippen LogP contribution in [0, 0.1) is 0 Å². The van der Waals surface area contributed by atoms with Gasteiger partial charge in [-0.05, 0) is 6.07 Å². The molecule has 0 saturated carbocycles. The van der Waals surface area contributed by atoms with Gasteiger partial charge in [0.15, 0.2) is 0 Å². The van der Waals surface area contributed by atoms with Crippen molar-refractivity contribution in [2.75, 3.05) is 0 Å². The van der Waals surface area contributed by atoms with Crippen LogP contribution in [0.2, 0.25) is 0 Å². The molecular weight excluding hydrogens is 202 g/mol. The van der Waals surface area contributed by atoms with E-state index >= 15 is 0 Å². The van der Waals surface area contributed by atoms with E-state index in [1.165, 1.54) is 12.4 Å². The second-order valence-electron chi connectivity index (χ2n) is 2.05. The second-order valence-corrected chi connectivity index (χ2v) is 2.81. The number of hydrogen-bond donors (Lipinski definition) is 1. The van der Waals surface area contributed by atoms with Crippen LogP contribution >= 0.6 is 11.3 Å². The summed E-state index contributed by atoms with van der Waals surface area (Å²) >= 11 is 1.60. The molecule has 72 valence electrons. The Morgan fingerprint density at radius 1 is 1.29 bits per heavy atom. The SMILES string of the molecule is O=C(O)c1ncccn1.c1cscn1. The Morgan fingerprint density at radius 3 is 2.29 bits per heavy atom. The Bertz CT molecular complexity index is 346. The van der Waals surface area contributed by atoms with E-state index in [1.54, 1.807) is 29.1 Å². The van der Waals surface area contributed by atoms with Gasteiger partial charge in [0.1, 0.15) is 0 Å². The molecule has 0 spiro atoms. The lowest BCUT2D eigenvalue weighted by molar-refractivity contribution is 0.0683. The average molecular weight is 209 g/mol. The Kier molecular flexibility index (Phi) is 4.22. The highest BCUT2D eigenvalue weighted by Gasteiger charge is 2.01. The third-order valence-corrected chi connectivity index (χ3v) is 1.63. The van der Waals surface area contributed by atoms with Gasteiger partial charge >= 0.3 is 5.97 Å². The Morgan fingerprint density at radius 2 is 2.00 bits per heavy atom. The molecule has 2 rings (SSSR count). The summed E-state index contributed by atoms with van der Waals surface area (Å²) in [5.41, 5.74) is 1.79. The Balaban J connectivity index is 0.000000165. The molecule has 0 unspecified atom stereocenters. The number of carboxylic acids is 1. The van der Waals surface area contributed by atoms with E-state index in [2.05, 4.69) is 15.0 Å². The number of aromatic nitrogens is 3. The van der Waals surface area contributed by atoms with Crippen LogP contribution in [0.5, 0.6) is 0 Å². The van der Waals surface area contributed by atoms with Crippen molar-refractivity contribution in [2.24, 2.45) is 0 Å². The molecule has 0 atom stereocenters. The minimum atomic E-state index is -1.10. The molecule has 0 amide bonds. The summed E-state index contributed by atoms with van der Waals surface area (Å²) in [6.45, 7) is 0. The molecule has 0 aliphatic carbocycles. The van der Waals surface area contributed by atoms with Gasteiger partial charge in [0.05, 0.1) is 5.51 Å². The zero-order valence-electron chi connectivity index (χ0n) is 7.07. The molecule has 2 heterocycles. The van der Waals surface area contributed by atoms with E-state index in [4.69, 9.17) is 5.11 Å². The zero-order valence-corrected chi connectivity index (χ0v) is 7.89. The lowest BCUT2D eigenvalue weighted by Gasteiger charge is -1.86. The summed E-state index contributed by atoms with van der Waals surface area (Å²) < 4.78 is 0. The van der Waals surface area contributed by atoms with Crippen molar-refractivity contribution in [2.45, 2.75) is 0 Å². The third-order valence-electron chi connectivity index (χ3n) is 1.10. The van der Waals surface area contributed by atoms with Gasteiger partial charge in [-0.1, -0.05) is 0 Å². The first kappa shape index (κ1) is 10.3. The van der Waals surface area contributed by atoms with Crippen LogP contribution in [-0.2, 0) is 0 Å². The van der Waals surface area contributed by atoms with Gasteiger partial charge < -0.3 is 5.11 Å². The number of thiazole rings is 1. The van der Waals surface area contributed by atoms with Crippen LogP contribution < -0.4 is 0 Å². The molecular formula is C8H7N3O2S. The summed E-state index contributed by atoms with van der Waals surface area (Å²) in [4.78, 5) is 20.8.